The van der Waals surface area contributed by atoms with E-state index in [0.717, 1.165) is 36.5 Å². The lowest BCUT2D eigenvalue weighted by Crippen LogP contribution is -2.28. The van der Waals surface area contributed by atoms with Crippen LogP contribution in [0.3, 0.4) is 0 Å². The summed E-state index contributed by atoms with van der Waals surface area (Å²) in [6.45, 7) is 20.9. The van der Waals surface area contributed by atoms with Crippen LogP contribution in [0.4, 0.5) is 11.4 Å². The number of hydrogen-bond donors (Lipinski definition) is 0. The summed E-state index contributed by atoms with van der Waals surface area (Å²) in [5.41, 5.74) is 13.6. The average molecular weight is 808 g/mol. The highest BCUT2D eigenvalue weighted by Gasteiger charge is 2.44. The zero-order chi connectivity index (χ0) is 41.9. The van der Waals surface area contributed by atoms with E-state index < -0.39 is 0 Å². The summed E-state index contributed by atoms with van der Waals surface area (Å²) < 4.78 is 0. The van der Waals surface area contributed by atoms with Crippen LogP contribution in [0.25, 0.3) is 32.7 Å². The van der Waals surface area contributed by atoms with E-state index in [9.17, 15) is 0 Å². The number of rotatable bonds is 10. The van der Waals surface area contributed by atoms with E-state index in [4.69, 9.17) is 11.6 Å². The third kappa shape index (κ3) is 6.72. The summed E-state index contributed by atoms with van der Waals surface area (Å²) in [5.74, 6) is 1.11. The van der Waals surface area contributed by atoms with Crippen LogP contribution in [-0.2, 0) is 10.8 Å². The highest BCUT2D eigenvalue weighted by atomic mass is 35.5. The Morgan fingerprint density at radius 2 is 1.02 bits per heavy atom. The minimum absolute atomic E-state index is 0.0733. The molecule has 0 saturated carbocycles. The van der Waals surface area contributed by atoms with Crippen molar-refractivity contribution in [3.8, 4) is 0 Å². The van der Waals surface area contributed by atoms with Gasteiger partial charge in [-0.1, -0.05) is 194 Å². The smallest absolute Gasteiger partial charge is 0.0532 e. The second-order valence-corrected chi connectivity index (χ2v) is 19.5. The van der Waals surface area contributed by atoms with E-state index in [-0.39, 0.29) is 16.7 Å². The van der Waals surface area contributed by atoms with Gasteiger partial charge >= 0.3 is 0 Å². The largest absolute Gasteiger partial charge is 0.344 e. The first kappa shape index (κ1) is 40.1. The molecule has 304 valence electrons. The van der Waals surface area contributed by atoms with Gasteiger partial charge in [0.1, 0.15) is 0 Å². The standard InChI is InChI=1S/C57H59ClN2/c1-37(2)32-34-59-48-29-26-40-20-12-14-22-42(40)53(48)56(5,6)50(59)31-28-46-44-24-16-17-25-45(44)52(55(46)58)47(39-18-10-9-11-19-39)36-51-57(7,8)54-43-23-15-13-21-41(43)27-30-49(54)60(51)35-33-38(3)4/h9-31,36-38,47H,32-35H2,1-8H3/b46-28+,50-31+,51-36+. The molecule has 1 atom stereocenters. The number of nitrogens with zero attached hydrogens (tertiary/aromatic N) is 2. The van der Waals surface area contributed by atoms with Crippen molar-refractivity contribution >= 4 is 55.7 Å². The molecule has 1 aliphatic carbocycles. The first-order valence-corrected chi connectivity index (χ1v) is 22.5. The van der Waals surface area contributed by atoms with E-state index in [1.54, 1.807) is 0 Å². The molecular formula is C57H59ClN2. The normalized spacial score (nSPS) is 19.1. The van der Waals surface area contributed by atoms with E-state index in [2.05, 4.69) is 211 Å². The number of fused-ring (bicyclic) bond motifs is 7. The van der Waals surface area contributed by atoms with Gasteiger partial charge < -0.3 is 9.80 Å². The molecular weight excluding hydrogens is 748 g/mol. The van der Waals surface area contributed by atoms with Crippen LogP contribution in [0.2, 0.25) is 0 Å². The fourth-order valence-electron chi connectivity index (χ4n) is 10.5. The number of allylic oxidation sites excluding steroid dienone is 8. The van der Waals surface area contributed by atoms with Crippen molar-refractivity contribution in [1.29, 1.82) is 0 Å². The molecule has 9 rings (SSSR count). The van der Waals surface area contributed by atoms with Gasteiger partial charge in [-0.3, -0.25) is 0 Å². The van der Waals surface area contributed by atoms with Gasteiger partial charge in [0, 0.05) is 58.2 Å². The molecule has 0 saturated heterocycles. The number of benzene rings is 6. The Bertz CT molecular complexity index is 2740. The van der Waals surface area contributed by atoms with Gasteiger partial charge in [0.25, 0.3) is 0 Å². The van der Waals surface area contributed by atoms with E-state index >= 15 is 0 Å². The van der Waals surface area contributed by atoms with Crippen LogP contribution < -0.4 is 9.80 Å². The van der Waals surface area contributed by atoms with Crippen molar-refractivity contribution in [2.24, 2.45) is 11.8 Å². The quantitative estimate of drug-likeness (QED) is 0.136. The Labute approximate surface area is 363 Å². The number of anilines is 2. The van der Waals surface area contributed by atoms with Crippen LogP contribution in [0, 0.1) is 11.8 Å². The van der Waals surface area contributed by atoms with Crippen LogP contribution in [0.1, 0.15) is 102 Å². The Balaban J connectivity index is 1.22. The Morgan fingerprint density at radius 3 is 1.58 bits per heavy atom. The molecule has 60 heavy (non-hydrogen) atoms. The van der Waals surface area contributed by atoms with Gasteiger partial charge in [0.2, 0.25) is 0 Å². The topological polar surface area (TPSA) is 6.48 Å². The molecule has 0 N–H and O–H groups in total. The molecule has 6 aromatic rings. The van der Waals surface area contributed by atoms with Crippen LogP contribution in [0.15, 0.2) is 162 Å². The van der Waals surface area contributed by atoms with Crippen molar-refractivity contribution in [2.45, 2.75) is 85.0 Å². The molecule has 0 fully saturated rings. The van der Waals surface area contributed by atoms with Gasteiger partial charge in [-0.15, -0.1) is 0 Å². The fourth-order valence-corrected chi connectivity index (χ4v) is 10.8. The van der Waals surface area contributed by atoms with Crippen molar-refractivity contribution in [1.82, 2.24) is 0 Å². The third-order valence-corrected chi connectivity index (χ3v) is 14.0. The third-order valence-electron chi connectivity index (χ3n) is 13.6. The molecule has 3 heteroatoms. The minimum Gasteiger partial charge on any atom is -0.344 e. The molecule has 0 amide bonds. The van der Waals surface area contributed by atoms with Crippen molar-refractivity contribution in [2.75, 3.05) is 22.9 Å². The van der Waals surface area contributed by atoms with Crippen molar-refractivity contribution in [3.05, 3.63) is 190 Å². The molecule has 2 aliphatic heterocycles. The van der Waals surface area contributed by atoms with Crippen molar-refractivity contribution in [3.63, 3.8) is 0 Å². The fraction of sp³-hybridized carbons (Fsp3) is 0.298. The summed E-state index contributed by atoms with van der Waals surface area (Å²) in [4.78, 5) is 5.22. The Kier molecular flexibility index (Phi) is 10.4. The molecule has 0 bridgehead atoms. The van der Waals surface area contributed by atoms with E-state index in [0.29, 0.717) is 11.8 Å². The maximum absolute atomic E-state index is 7.91. The van der Waals surface area contributed by atoms with Crippen LogP contribution >= 0.6 is 11.6 Å². The minimum atomic E-state index is -0.235. The molecule has 0 aromatic heterocycles. The molecule has 0 radical (unpaired) electrons. The van der Waals surface area contributed by atoms with Crippen LogP contribution in [0.5, 0.6) is 0 Å². The summed E-state index contributed by atoms with van der Waals surface area (Å²) in [5, 5.41) is 6.08. The predicted molar refractivity (Wildman–Crippen MR) is 260 cm³/mol. The molecule has 2 nitrogen and oxygen atoms in total. The predicted octanol–water partition coefficient (Wildman–Crippen LogP) is 15.6. The highest BCUT2D eigenvalue weighted by molar-refractivity contribution is 6.42. The zero-order valence-corrected chi connectivity index (χ0v) is 37.4. The molecule has 0 spiro atoms. The number of halogens is 1. The lowest BCUT2D eigenvalue weighted by molar-refractivity contribution is 0.568. The van der Waals surface area contributed by atoms with Crippen LogP contribution in [-0.4, -0.2) is 13.1 Å². The summed E-state index contributed by atoms with van der Waals surface area (Å²) in [6, 6.07) is 47.0. The Morgan fingerprint density at radius 1 is 0.533 bits per heavy atom. The van der Waals surface area contributed by atoms with Gasteiger partial charge in [-0.2, -0.15) is 0 Å². The zero-order valence-electron chi connectivity index (χ0n) is 36.7. The average Bonchev–Trinajstić information content (AvgIpc) is 3.74. The van der Waals surface area contributed by atoms with Crippen molar-refractivity contribution < 1.29 is 0 Å². The molecule has 6 aromatic carbocycles. The van der Waals surface area contributed by atoms with E-state index in [1.165, 1.54) is 77.7 Å². The van der Waals surface area contributed by atoms with Gasteiger partial charge in [0.05, 0.1) is 5.03 Å². The maximum Gasteiger partial charge on any atom is 0.0532 e. The Hall–Kier alpha value is -5.31. The second kappa shape index (κ2) is 15.6. The second-order valence-electron chi connectivity index (χ2n) is 19.1. The summed E-state index contributed by atoms with van der Waals surface area (Å²) in [6.07, 6.45) is 9.50. The lowest BCUT2D eigenvalue weighted by Gasteiger charge is -2.30. The SMILES string of the molecule is CC(C)CCN1/C(=C/C=C2/C(Cl)=C(C(/C=C3/N(CCC(C)C)c4ccc5ccccc5c4C3(C)C)c3ccccc3)c3ccccc32)C(C)(C)c2c1ccc1ccccc21. The first-order valence-electron chi connectivity index (χ1n) is 22.2. The van der Waals surface area contributed by atoms with Gasteiger partial charge in [0.15, 0.2) is 0 Å². The highest BCUT2D eigenvalue weighted by Crippen LogP contribution is 2.56. The lowest BCUT2D eigenvalue weighted by atomic mass is 9.78. The van der Waals surface area contributed by atoms with Gasteiger partial charge in [-0.05, 0) is 97.8 Å². The van der Waals surface area contributed by atoms with Gasteiger partial charge in [-0.25, -0.2) is 0 Å². The molecule has 1 unspecified atom stereocenters. The monoisotopic (exact) mass is 806 g/mol. The summed E-state index contributed by atoms with van der Waals surface area (Å²) >= 11 is 7.91. The first-order chi connectivity index (χ1) is 28.9. The summed E-state index contributed by atoms with van der Waals surface area (Å²) in [7, 11) is 0. The van der Waals surface area contributed by atoms with E-state index in [1.807, 2.05) is 0 Å². The molecule has 3 aliphatic rings. The maximum atomic E-state index is 7.91. The number of hydrogen-bond acceptors (Lipinski definition) is 2. The molecule has 2 heterocycles.